The van der Waals surface area contributed by atoms with Crippen molar-refractivity contribution in [2.24, 2.45) is 5.73 Å². The second-order valence-corrected chi connectivity index (χ2v) is 3.14. The van der Waals surface area contributed by atoms with E-state index in [1.807, 2.05) is 0 Å². The van der Waals surface area contributed by atoms with Crippen LogP contribution >= 0.6 is 0 Å². The van der Waals surface area contributed by atoms with Crippen molar-refractivity contribution in [3.63, 3.8) is 0 Å². The third-order valence-corrected chi connectivity index (χ3v) is 2.13. The van der Waals surface area contributed by atoms with Crippen LogP contribution in [0.15, 0.2) is 12.1 Å². The van der Waals surface area contributed by atoms with Crippen LogP contribution in [0, 0.1) is 10.1 Å². The van der Waals surface area contributed by atoms with E-state index in [9.17, 15) is 23.3 Å². The van der Waals surface area contributed by atoms with Crippen molar-refractivity contribution in [2.45, 2.75) is 12.7 Å². The van der Waals surface area contributed by atoms with Gasteiger partial charge >= 0.3 is 6.18 Å². The van der Waals surface area contributed by atoms with E-state index >= 15 is 0 Å². The molecule has 0 atom stereocenters. The molecule has 0 saturated carbocycles. The molecule has 94 valence electrons. The van der Waals surface area contributed by atoms with Gasteiger partial charge in [-0.2, -0.15) is 13.2 Å². The lowest BCUT2D eigenvalue weighted by Gasteiger charge is -2.12. The van der Waals surface area contributed by atoms with E-state index in [-0.39, 0.29) is 17.9 Å². The van der Waals surface area contributed by atoms with Gasteiger partial charge in [0.05, 0.1) is 23.2 Å². The normalized spacial score (nSPS) is 11.4. The Kier molecular flexibility index (Phi) is 3.56. The van der Waals surface area contributed by atoms with E-state index in [1.54, 1.807) is 0 Å². The molecular weight excluding hydrogens is 241 g/mol. The number of ether oxygens (including phenoxy) is 1. The van der Waals surface area contributed by atoms with E-state index in [2.05, 4.69) is 4.74 Å². The quantitative estimate of drug-likeness (QED) is 0.658. The van der Waals surface area contributed by atoms with Gasteiger partial charge in [-0.05, 0) is 6.07 Å². The van der Waals surface area contributed by atoms with Crippen LogP contribution in [0.2, 0.25) is 0 Å². The summed E-state index contributed by atoms with van der Waals surface area (Å²) in [6.45, 7) is -0.280. The lowest BCUT2D eigenvalue weighted by Crippen LogP contribution is -2.10. The van der Waals surface area contributed by atoms with Gasteiger partial charge in [-0.3, -0.25) is 10.1 Å². The highest BCUT2D eigenvalue weighted by atomic mass is 19.4. The van der Waals surface area contributed by atoms with Crippen molar-refractivity contribution in [3.05, 3.63) is 33.4 Å². The Morgan fingerprint density at radius 1 is 1.47 bits per heavy atom. The third kappa shape index (κ3) is 2.64. The molecule has 1 rings (SSSR count). The second kappa shape index (κ2) is 4.58. The van der Waals surface area contributed by atoms with Crippen molar-refractivity contribution >= 4 is 5.69 Å². The molecule has 1 aromatic rings. The number of rotatable bonds is 3. The average Bonchev–Trinajstić information content (AvgIpc) is 2.25. The summed E-state index contributed by atoms with van der Waals surface area (Å²) in [7, 11) is 1.12. The van der Waals surface area contributed by atoms with E-state index in [4.69, 9.17) is 5.73 Å². The van der Waals surface area contributed by atoms with Gasteiger partial charge in [-0.25, -0.2) is 0 Å². The predicted molar refractivity (Wildman–Crippen MR) is 52.5 cm³/mol. The number of hydrogen-bond acceptors (Lipinski definition) is 4. The Hall–Kier alpha value is -1.83. The maximum atomic E-state index is 12.5. The minimum Gasteiger partial charge on any atom is -0.496 e. The molecule has 0 heterocycles. The van der Waals surface area contributed by atoms with Gasteiger partial charge in [0.1, 0.15) is 5.75 Å². The fourth-order valence-electron chi connectivity index (χ4n) is 1.34. The summed E-state index contributed by atoms with van der Waals surface area (Å²) in [4.78, 5) is 9.74. The van der Waals surface area contributed by atoms with Crippen molar-refractivity contribution in [3.8, 4) is 5.75 Å². The molecule has 0 amide bonds. The van der Waals surface area contributed by atoms with Crippen molar-refractivity contribution in [2.75, 3.05) is 7.11 Å². The number of nitro benzene ring substituents is 1. The molecule has 0 unspecified atom stereocenters. The van der Waals surface area contributed by atoms with E-state index in [1.165, 1.54) is 0 Å². The summed E-state index contributed by atoms with van der Waals surface area (Å²) in [5.41, 5.74) is 3.36. The van der Waals surface area contributed by atoms with Crippen molar-refractivity contribution < 1.29 is 22.8 Å². The van der Waals surface area contributed by atoms with Gasteiger partial charge in [-0.1, -0.05) is 0 Å². The van der Waals surface area contributed by atoms with Crippen LogP contribution in [0.3, 0.4) is 0 Å². The lowest BCUT2D eigenvalue weighted by molar-refractivity contribution is -0.385. The standard InChI is InChI=1S/C9H9F3N2O3/c1-17-8-3-5(9(10,11)12)2-7(14(15)16)6(8)4-13/h2-3H,4,13H2,1H3. The Labute approximate surface area is 94.1 Å². The first-order valence-corrected chi connectivity index (χ1v) is 4.43. The van der Waals surface area contributed by atoms with Gasteiger partial charge in [0.15, 0.2) is 0 Å². The first-order valence-electron chi connectivity index (χ1n) is 4.43. The summed E-state index contributed by atoms with van der Waals surface area (Å²) in [5.74, 6) is -0.242. The summed E-state index contributed by atoms with van der Waals surface area (Å²) in [5, 5.41) is 10.7. The SMILES string of the molecule is COc1cc(C(F)(F)F)cc([N+](=O)[O-])c1CN. The molecule has 5 nitrogen and oxygen atoms in total. The first kappa shape index (κ1) is 13.2. The molecule has 0 aliphatic carbocycles. The van der Waals surface area contributed by atoms with Crippen LogP contribution in [-0.4, -0.2) is 12.0 Å². The molecule has 8 heteroatoms. The van der Waals surface area contributed by atoms with Crippen LogP contribution in [0.4, 0.5) is 18.9 Å². The van der Waals surface area contributed by atoms with Crippen LogP contribution in [0.1, 0.15) is 11.1 Å². The van der Waals surface area contributed by atoms with Crippen molar-refractivity contribution in [1.82, 2.24) is 0 Å². The van der Waals surface area contributed by atoms with E-state index in [0.29, 0.717) is 12.1 Å². The Morgan fingerprint density at radius 3 is 2.41 bits per heavy atom. The molecule has 0 fully saturated rings. The molecule has 0 bridgehead atoms. The largest absolute Gasteiger partial charge is 0.496 e. The van der Waals surface area contributed by atoms with Crippen LogP contribution in [0.5, 0.6) is 5.75 Å². The number of hydrogen-bond donors (Lipinski definition) is 1. The highest BCUT2D eigenvalue weighted by molar-refractivity contribution is 5.53. The monoisotopic (exact) mass is 250 g/mol. The number of nitrogens with zero attached hydrogens (tertiary/aromatic N) is 1. The van der Waals surface area contributed by atoms with E-state index in [0.717, 1.165) is 7.11 Å². The highest BCUT2D eigenvalue weighted by Gasteiger charge is 2.34. The highest BCUT2D eigenvalue weighted by Crippen LogP contribution is 2.37. The molecule has 0 radical (unpaired) electrons. The first-order chi connectivity index (χ1) is 7.81. The molecule has 0 spiro atoms. The Morgan fingerprint density at radius 2 is 2.06 bits per heavy atom. The zero-order chi connectivity index (χ0) is 13.2. The lowest BCUT2D eigenvalue weighted by atomic mass is 10.1. The fourth-order valence-corrected chi connectivity index (χ4v) is 1.34. The number of nitrogens with two attached hydrogens (primary N) is 1. The Bertz CT molecular complexity index is 446. The van der Waals surface area contributed by atoms with Crippen LogP contribution < -0.4 is 10.5 Å². The van der Waals surface area contributed by atoms with Gasteiger partial charge < -0.3 is 10.5 Å². The van der Waals surface area contributed by atoms with Crippen LogP contribution in [-0.2, 0) is 12.7 Å². The summed E-state index contributed by atoms with van der Waals surface area (Å²) < 4.78 is 42.1. The minimum absolute atomic E-state index is 0.0644. The summed E-state index contributed by atoms with van der Waals surface area (Å²) >= 11 is 0. The molecule has 0 aliphatic heterocycles. The number of alkyl halides is 3. The molecule has 0 saturated heterocycles. The zero-order valence-electron chi connectivity index (χ0n) is 8.75. The molecule has 1 aromatic carbocycles. The molecule has 2 N–H and O–H groups in total. The molecular formula is C9H9F3N2O3. The van der Waals surface area contributed by atoms with Crippen LogP contribution in [0.25, 0.3) is 0 Å². The summed E-state index contributed by atoms with van der Waals surface area (Å²) in [6, 6.07) is 1.14. The third-order valence-electron chi connectivity index (χ3n) is 2.13. The number of halogens is 3. The Balaban J connectivity index is 3.51. The number of nitro groups is 1. The molecule has 17 heavy (non-hydrogen) atoms. The van der Waals surface area contributed by atoms with Gasteiger partial charge in [0.2, 0.25) is 0 Å². The number of methoxy groups -OCH3 is 1. The minimum atomic E-state index is -4.68. The fraction of sp³-hybridized carbons (Fsp3) is 0.333. The average molecular weight is 250 g/mol. The van der Waals surface area contributed by atoms with Gasteiger partial charge in [0, 0.05) is 12.6 Å². The number of benzene rings is 1. The maximum Gasteiger partial charge on any atom is 0.416 e. The zero-order valence-corrected chi connectivity index (χ0v) is 8.75. The maximum absolute atomic E-state index is 12.5. The molecule has 0 aliphatic rings. The topological polar surface area (TPSA) is 78.4 Å². The predicted octanol–water partition coefficient (Wildman–Crippen LogP) is 2.08. The molecule has 0 aromatic heterocycles. The smallest absolute Gasteiger partial charge is 0.416 e. The van der Waals surface area contributed by atoms with Gasteiger partial charge in [0.25, 0.3) is 5.69 Å². The van der Waals surface area contributed by atoms with Gasteiger partial charge in [-0.15, -0.1) is 0 Å². The van der Waals surface area contributed by atoms with Crippen molar-refractivity contribution in [1.29, 1.82) is 0 Å². The van der Waals surface area contributed by atoms with E-state index < -0.39 is 22.4 Å². The summed E-state index contributed by atoms with van der Waals surface area (Å²) in [6.07, 6.45) is -4.68. The second-order valence-electron chi connectivity index (χ2n) is 3.14.